The average Bonchev–Trinajstić information content (AvgIpc) is 2.93. The Kier molecular flexibility index (Phi) is 3.58. The zero-order valence-electron chi connectivity index (χ0n) is 10.1. The lowest BCUT2D eigenvalue weighted by Gasteiger charge is -2.23. The number of rotatable bonds is 3. The molecule has 2 fully saturated rings. The SMILES string of the molecule is Cc1cc(Br)c(C(Cl)CC2CC3CCC2C3)s1. The predicted molar refractivity (Wildman–Crippen MR) is 78.9 cm³/mol. The number of alkyl halides is 1. The fraction of sp³-hybridized carbons (Fsp3) is 0.714. The summed E-state index contributed by atoms with van der Waals surface area (Å²) < 4.78 is 1.21. The number of fused-ring (bicyclic) bond motifs is 2. The first-order valence-electron chi connectivity index (χ1n) is 6.53. The molecule has 3 rings (SSSR count). The molecule has 3 heteroatoms. The summed E-state index contributed by atoms with van der Waals surface area (Å²) in [6.45, 7) is 2.15. The van der Waals surface area contributed by atoms with E-state index >= 15 is 0 Å². The first-order valence-corrected chi connectivity index (χ1v) is 8.58. The maximum atomic E-state index is 6.62. The fourth-order valence-electron chi connectivity index (χ4n) is 3.75. The fourth-order valence-corrected chi connectivity index (χ4v) is 6.28. The number of aryl methyl sites for hydroxylation is 1. The van der Waals surface area contributed by atoms with E-state index in [2.05, 4.69) is 28.9 Å². The van der Waals surface area contributed by atoms with Crippen molar-refractivity contribution in [1.29, 1.82) is 0 Å². The summed E-state index contributed by atoms with van der Waals surface area (Å²) >= 11 is 12.1. The van der Waals surface area contributed by atoms with Gasteiger partial charge in [-0.3, -0.25) is 0 Å². The van der Waals surface area contributed by atoms with Gasteiger partial charge in [0, 0.05) is 14.2 Å². The third-order valence-corrected chi connectivity index (χ3v) is 7.12. The molecule has 2 aliphatic rings. The molecule has 0 amide bonds. The van der Waals surface area contributed by atoms with Crippen molar-refractivity contribution in [3.05, 3.63) is 20.3 Å². The van der Waals surface area contributed by atoms with Gasteiger partial charge >= 0.3 is 0 Å². The van der Waals surface area contributed by atoms with Gasteiger partial charge in [0.1, 0.15) is 0 Å². The molecule has 4 atom stereocenters. The van der Waals surface area contributed by atoms with Crippen LogP contribution in [-0.2, 0) is 0 Å². The van der Waals surface area contributed by atoms with Gasteiger partial charge in [-0.05, 0) is 72.4 Å². The minimum absolute atomic E-state index is 0.215. The van der Waals surface area contributed by atoms with Crippen molar-refractivity contribution in [2.75, 3.05) is 0 Å². The van der Waals surface area contributed by atoms with Crippen LogP contribution in [0.4, 0.5) is 0 Å². The minimum Gasteiger partial charge on any atom is -0.143 e. The first-order chi connectivity index (χ1) is 8.13. The Labute approximate surface area is 121 Å². The zero-order valence-corrected chi connectivity index (χ0v) is 13.2. The highest BCUT2D eigenvalue weighted by molar-refractivity contribution is 9.10. The Morgan fingerprint density at radius 2 is 2.29 bits per heavy atom. The molecule has 1 aromatic heterocycles. The second-order valence-electron chi connectivity index (χ2n) is 5.71. The minimum atomic E-state index is 0.215. The molecule has 0 nitrogen and oxygen atoms in total. The van der Waals surface area contributed by atoms with Crippen molar-refractivity contribution >= 4 is 38.9 Å². The van der Waals surface area contributed by atoms with Gasteiger partial charge < -0.3 is 0 Å². The largest absolute Gasteiger partial charge is 0.143 e. The first kappa shape index (κ1) is 12.5. The number of halogens is 2. The quantitative estimate of drug-likeness (QED) is 0.602. The summed E-state index contributed by atoms with van der Waals surface area (Å²) in [5.74, 6) is 2.91. The van der Waals surface area contributed by atoms with Crippen LogP contribution in [0.1, 0.15) is 47.2 Å². The molecule has 0 saturated heterocycles. The lowest BCUT2D eigenvalue weighted by Crippen LogP contribution is -2.12. The van der Waals surface area contributed by atoms with Crippen molar-refractivity contribution < 1.29 is 0 Å². The third kappa shape index (κ3) is 2.46. The van der Waals surface area contributed by atoms with E-state index < -0.39 is 0 Å². The molecule has 17 heavy (non-hydrogen) atoms. The van der Waals surface area contributed by atoms with Gasteiger partial charge in [0.25, 0.3) is 0 Å². The van der Waals surface area contributed by atoms with E-state index in [0.717, 1.165) is 17.8 Å². The molecule has 4 unspecified atom stereocenters. The van der Waals surface area contributed by atoms with Crippen molar-refractivity contribution in [2.24, 2.45) is 17.8 Å². The standard InChI is InChI=1S/C14H18BrClS/c1-8-4-12(15)14(17-8)13(16)7-11-6-9-2-3-10(11)5-9/h4,9-11,13H,2-3,5-7H2,1H3. The van der Waals surface area contributed by atoms with Gasteiger partial charge in [-0.2, -0.15) is 0 Å². The van der Waals surface area contributed by atoms with Crippen LogP contribution >= 0.6 is 38.9 Å². The molecule has 0 N–H and O–H groups in total. The molecule has 1 heterocycles. The molecular formula is C14H18BrClS. The van der Waals surface area contributed by atoms with E-state index in [1.165, 1.54) is 46.3 Å². The second kappa shape index (κ2) is 4.86. The van der Waals surface area contributed by atoms with Gasteiger partial charge in [0.05, 0.1) is 5.38 Å². The molecular weight excluding hydrogens is 316 g/mol. The normalized spacial score (nSPS) is 33.2. The Bertz CT molecular complexity index is 414. The average molecular weight is 334 g/mol. The highest BCUT2D eigenvalue weighted by atomic mass is 79.9. The van der Waals surface area contributed by atoms with E-state index in [-0.39, 0.29) is 5.38 Å². The number of hydrogen-bond donors (Lipinski definition) is 0. The lowest BCUT2D eigenvalue weighted by atomic mass is 9.85. The number of thiophene rings is 1. The van der Waals surface area contributed by atoms with E-state index in [1.807, 2.05) is 11.3 Å². The predicted octanol–water partition coefficient (Wildman–Crippen LogP) is 5.93. The van der Waals surface area contributed by atoms with Gasteiger partial charge in [-0.25, -0.2) is 0 Å². The smallest absolute Gasteiger partial charge is 0.0692 e. The molecule has 2 aliphatic carbocycles. The molecule has 94 valence electrons. The summed E-state index contributed by atoms with van der Waals surface area (Å²) in [6, 6.07) is 2.19. The van der Waals surface area contributed by atoms with Gasteiger partial charge in [-0.1, -0.05) is 6.42 Å². The van der Waals surface area contributed by atoms with Crippen LogP contribution < -0.4 is 0 Å². The molecule has 0 aromatic carbocycles. The van der Waals surface area contributed by atoms with Crippen molar-refractivity contribution in [3.63, 3.8) is 0 Å². The van der Waals surface area contributed by atoms with Crippen LogP contribution in [0.2, 0.25) is 0 Å². The Morgan fingerprint density at radius 3 is 2.82 bits per heavy atom. The maximum Gasteiger partial charge on any atom is 0.0692 e. The van der Waals surface area contributed by atoms with Crippen LogP contribution in [0.3, 0.4) is 0 Å². The van der Waals surface area contributed by atoms with Gasteiger partial charge in [-0.15, -0.1) is 22.9 Å². The Balaban J connectivity index is 1.67. The zero-order chi connectivity index (χ0) is 12.0. The lowest BCUT2D eigenvalue weighted by molar-refractivity contribution is 0.312. The van der Waals surface area contributed by atoms with E-state index in [0.29, 0.717) is 0 Å². The summed E-state index contributed by atoms with van der Waals surface area (Å²) in [4.78, 5) is 2.69. The Hall–Kier alpha value is 0.470. The van der Waals surface area contributed by atoms with Gasteiger partial charge in [0.2, 0.25) is 0 Å². The van der Waals surface area contributed by atoms with E-state index in [1.54, 1.807) is 0 Å². The summed E-state index contributed by atoms with van der Waals surface area (Å²) in [5, 5.41) is 0.215. The van der Waals surface area contributed by atoms with Crippen LogP contribution in [-0.4, -0.2) is 0 Å². The number of hydrogen-bond acceptors (Lipinski definition) is 1. The van der Waals surface area contributed by atoms with Crippen LogP contribution in [0.25, 0.3) is 0 Å². The van der Waals surface area contributed by atoms with Gasteiger partial charge in [0.15, 0.2) is 0 Å². The highest BCUT2D eigenvalue weighted by Crippen LogP contribution is 2.52. The Morgan fingerprint density at radius 1 is 1.47 bits per heavy atom. The highest BCUT2D eigenvalue weighted by Gasteiger charge is 2.40. The van der Waals surface area contributed by atoms with Crippen molar-refractivity contribution in [1.82, 2.24) is 0 Å². The monoisotopic (exact) mass is 332 g/mol. The van der Waals surface area contributed by atoms with E-state index in [9.17, 15) is 0 Å². The topological polar surface area (TPSA) is 0 Å². The molecule has 0 radical (unpaired) electrons. The third-order valence-electron chi connectivity index (χ3n) is 4.52. The molecule has 2 bridgehead atoms. The van der Waals surface area contributed by atoms with Crippen molar-refractivity contribution in [2.45, 2.75) is 44.4 Å². The second-order valence-corrected chi connectivity index (χ2v) is 8.38. The van der Waals surface area contributed by atoms with Crippen LogP contribution in [0, 0.1) is 24.7 Å². The molecule has 2 saturated carbocycles. The molecule has 0 aliphatic heterocycles. The summed E-state index contributed by atoms with van der Waals surface area (Å²) in [5.41, 5.74) is 0. The van der Waals surface area contributed by atoms with Crippen LogP contribution in [0.5, 0.6) is 0 Å². The van der Waals surface area contributed by atoms with Crippen molar-refractivity contribution in [3.8, 4) is 0 Å². The maximum absolute atomic E-state index is 6.62. The van der Waals surface area contributed by atoms with Crippen LogP contribution in [0.15, 0.2) is 10.5 Å². The molecule has 0 spiro atoms. The van der Waals surface area contributed by atoms with E-state index in [4.69, 9.17) is 11.6 Å². The summed E-state index contributed by atoms with van der Waals surface area (Å²) in [7, 11) is 0. The summed E-state index contributed by atoms with van der Waals surface area (Å²) in [6.07, 6.45) is 7.05. The molecule has 1 aromatic rings.